The standard InChI is InChI=1S/C14H17BrO2/c1-10-13(15)3-2-4-14(10)17-12-7-5-11(9-16)6-8-12/h2-4,9,11-12H,5-8H2,1H3. The molecule has 0 spiro atoms. The maximum absolute atomic E-state index is 10.7. The van der Waals surface area contributed by atoms with Crippen LogP contribution >= 0.6 is 15.9 Å². The fourth-order valence-corrected chi connectivity index (χ4v) is 2.59. The van der Waals surface area contributed by atoms with Crippen molar-refractivity contribution >= 4 is 22.2 Å². The highest BCUT2D eigenvalue weighted by molar-refractivity contribution is 9.10. The Kier molecular flexibility index (Phi) is 4.21. The number of ether oxygens (including phenoxy) is 1. The molecule has 0 bridgehead atoms. The Labute approximate surface area is 110 Å². The Bertz CT molecular complexity index is 395. The highest BCUT2D eigenvalue weighted by atomic mass is 79.9. The molecular weight excluding hydrogens is 280 g/mol. The van der Waals surface area contributed by atoms with Crippen LogP contribution in [0.4, 0.5) is 0 Å². The summed E-state index contributed by atoms with van der Waals surface area (Å²) in [6.07, 6.45) is 5.23. The zero-order valence-corrected chi connectivity index (χ0v) is 11.6. The fourth-order valence-electron chi connectivity index (χ4n) is 2.24. The highest BCUT2D eigenvalue weighted by Gasteiger charge is 2.22. The lowest BCUT2D eigenvalue weighted by Crippen LogP contribution is -2.24. The van der Waals surface area contributed by atoms with Gasteiger partial charge < -0.3 is 9.53 Å². The lowest BCUT2D eigenvalue weighted by molar-refractivity contribution is -0.112. The van der Waals surface area contributed by atoms with Gasteiger partial charge in [-0.25, -0.2) is 0 Å². The molecule has 0 amide bonds. The molecule has 92 valence electrons. The van der Waals surface area contributed by atoms with Crippen molar-refractivity contribution in [3.63, 3.8) is 0 Å². The number of hydrogen-bond donors (Lipinski definition) is 0. The van der Waals surface area contributed by atoms with Gasteiger partial charge in [-0.3, -0.25) is 0 Å². The van der Waals surface area contributed by atoms with Crippen molar-refractivity contribution in [1.82, 2.24) is 0 Å². The number of hydrogen-bond acceptors (Lipinski definition) is 2. The van der Waals surface area contributed by atoms with E-state index in [1.54, 1.807) is 0 Å². The summed E-state index contributed by atoms with van der Waals surface area (Å²) in [7, 11) is 0. The number of aldehydes is 1. The average Bonchev–Trinajstić information content (AvgIpc) is 2.36. The second-order valence-corrected chi connectivity index (χ2v) is 5.51. The first-order valence-electron chi connectivity index (χ1n) is 6.07. The molecule has 0 unspecified atom stereocenters. The summed E-state index contributed by atoms with van der Waals surface area (Å²) in [6.45, 7) is 2.05. The predicted molar refractivity (Wildman–Crippen MR) is 71.3 cm³/mol. The van der Waals surface area contributed by atoms with Gasteiger partial charge in [0.05, 0.1) is 6.10 Å². The van der Waals surface area contributed by atoms with Crippen molar-refractivity contribution in [2.75, 3.05) is 0 Å². The van der Waals surface area contributed by atoms with Crippen molar-refractivity contribution in [2.45, 2.75) is 38.7 Å². The summed E-state index contributed by atoms with van der Waals surface area (Å²) in [5, 5.41) is 0. The number of halogens is 1. The van der Waals surface area contributed by atoms with E-state index in [9.17, 15) is 4.79 Å². The first-order chi connectivity index (χ1) is 8.20. The molecule has 0 aliphatic heterocycles. The fraction of sp³-hybridized carbons (Fsp3) is 0.500. The molecule has 0 saturated heterocycles. The van der Waals surface area contributed by atoms with Gasteiger partial charge in [0.1, 0.15) is 12.0 Å². The summed E-state index contributed by atoms with van der Waals surface area (Å²) in [6, 6.07) is 6.01. The molecular formula is C14H17BrO2. The van der Waals surface area contributed by atoms with Gasteiger partial charge in [0, 0.05) is 16.0 Å². The Balaban J connectivity index is 1.98. The van der Waals surface area contributed by atoms with E-state index in [1.165, 1.54) is 0 Å². The SMILES string of the molecule is Cc1c(Br)cccc1OC1CCC(C=O)CC1. The molecule has 1 aromatic rings. The molecule has 17 heavy (non-hydrogen) atoms. The van der Waals surface area contributed by atoms with E-state index in [1.807, 2.05) is 18.2 Å². The van der Waals surface area contributed by atoms with Crippen molar-refractivity contribution in [1.29, 1.82) is 0 Å². The minimum Gasteiger partial charge on any atom is -0.490 e. The van der Waals surface area contributed by atoms with Gasteiger partial charge in [0.15, 0.2) is 0 Å². The molecule has 0 N–H and O–H groups in total. The molecule has 1 saturated carbocycles. The second-order valence-electron chi connectivity index (χ2n) is 4.65. The lowest BCUT2D eigenvalue weighted by atomic mass is 9.88. The van der Waals surface area contributed by atoms with Crippen molar-refractivity contribution in [3.05, 3.63) is 28.2 Å². The number of rotatable bonds is 3. The molecule has 0 heterocycles. The van der Waals surface area contributed by atoms with E-state index >= 15 is 0 Å². The van der Waals surface area contributed by atoms with Gasteiger partial charge >= 0.3 is 0 Å². The van der Waals surface area contributed by atoms with Gasteiger partial charge in [-0.05, 0) is 44.7 Å². The van der Waals surface area contributed by atoms with Gasteiger partial charge in [0.25, 0.3) is 0 Å². The monoisotopic (exact) mass is 296 g/mol. The molecule has 0 atom stereocenters. The van der Waals surface area contributed by atoms with Crippen LogP contribution in [0.25, 0.3) is 0 Å². The third-order valence-electron chi connectivity index (χ3n) is 3.42. The molecule has 2 rings (SSSR count). The Morgan fingerprint density at radius 2 is 2.00 bits per heavy atom. The summed E-state index contributed by atoms with van der Waals surface area (Å²) in [5.41, 5.74) is 1.14. The third kappa shape index (κ3) is 3.09. The predicted octanol–water partition coefficient (Wildman–Crippen LogP) is 3.89. The second kappa shape index (κ2) is 5.67. The smallest absolute Gasteiger partial charge is 0.123 e. The Morgan fingerprint density at radius 1 is 1.29 bits per heavy atom. The molecule has 0 radical (unpaired) electrons. The van der Waals surface area contributed by atoms with Crippen molar-refractivity contribution < 1.29 is 9.53 Å². The van der Waals surface area contributed by atoms with Gasteiger partial charge in [-0.1, -0.05) is 22.0 Å². The summed E-state index contributed by atoms with van der Waals surface area (Å²) >= 11 is 3.51. The Morgan fingerprint density at radius 3 is 2.65 bits per heavy atom. The van der Waals surface area contributed by atoms with Crippen LogP contribution in [0.15, 0.2) is 22.7 Å². The number of carbonyl (C=O) groups is 1. The van der Waals surface area contributed by atoms with Crippen LogP contribution in [0.1, 0.15) is 31.2 Å². The minimum absolute atomic E-state index is 0.249. The van der Waals surface area contributed by atoms with Crippen LogP contribution in [-0.4, -0.2) is 12.4 Å². The van der Waals surface area contributed by atoms with Gasteiger partial charge in [-0.2, -0.15) is 0 Å². The summed E-state index contributed by atoms with van der Waals surface area (Å²) in [4.78, 5) is 10.7. The quantitative estimate of drug-likeness (QED) is 0.791. The van der Waals surface area contributed by atoms with Crippen LogP contribution in [0.3, 0.4) is 0 Å². The van der Waals surface area contributed by atoms with Crippen LogP contribution in [0, 0.1) is 12.8 Å². The van der Waals surface area contributed by atoms with E-state index < -0.39 is 0 Å². The molecule has 1 aliphatic carbocycles. The third-order valence-corrected chi connectivity index (χ3v) is 4.28. The Hall–Kier alpha value is -0.830. The topological polar surface area (TPSA) is 26.3 Å². The van der Waals surface area contributed by atoms with Crippen LogP contribution < -0.4 is 4.74 Å². The molecule has 2 nitrogen and oxygen atoms in total. The normalized spacial score (nSPS) is 24.4. The number of benzene rings is 1. The zero-order valence-electron chi connectivity index (χ0n) is 9.99. The highest BCUT2D eigenvalue weighted by Crippen LogP contribution is 2.30. The largest absolute Gasteiger partial charge is 0.490 e. The summed E-state index contributed by atoms with van der Waals surface area (Å²) < 4.78 is 7.09. The first kappa shape index (κ1) is 12.6. The van der Waals surface area contributed by atoms with E-state index in [4.69, 9.17) is 4.74 Å². The van der Waals surface area contributed by atoms with Gasteiger partial charge in [-0.15, -0.1) is 0 Å². The van der Waals surface area contributed by atoms with Crippen LogP contribution in [-0.2, 0) is 4.79 Å². The van der Waals surface area contributed by atoms with E-state index in [0.717, 1.165) is 47.8 Å². The van der Waals surface area contributed by atoms with E-state index in [-0.39, 0.29) is 12.0 Å². The molecule has 3 heteroatoms. The number of carbonyl (C=O) groups excluding carboxylic acids is 1. The molecule has 0 aromatic heterocycles. The van der Waals surface area contributed by atoms with Crippen molar-refractivity contribution in [2.24, 2.45) is 5.92 Å². The average molecular weight is 297 g/mol. The van der Waals surface area contributed by atoms with Gasteiger partial charge in [0.2, 0.25) is 0 Å². The maximum Gasteiger partial charge on any atom is 0.123 e. The molecule has 1 fully saturated rings. The van der Waals surface area contributed by atoms with Crippen LogP contribution in [0.2, 0.25) is 0 Å². The van der Waals surface area contributed by atoms with E-state index in [0.29, 0.717) is 0 Å². The van der Waals surface area contributed by atoms with E-state index in [2.05, 4.69) is 22.9 Å². The first-order valence-corrected chi connectivity index (χ1v) is 6.87. The lowest BCUT2D eigenvalue weighted by Gasteiger charge is -2.27. The minimum atomic E-state index is 0.249. The molecule has 1 aromatic carbocycles. The maximum atomic E-state index is 10.7. The van der Waals surface area contributed by atoms with Crippen LogP contribution in [0.5, 0.6) is 5.75 Å². The summed E-state index contributed by atoms with van der Waals surface area (Å²) in [5.74, 6) is 1.20. The van der Waals surface area contributed by atoms with Crippen molar-refractivity contribution in [3.8, 4) is 5.75 Å². The zero-order chi connectivity index (χ0) is 12.3. The molecule has 1 aliphatic rings.